The molecule has 1 saturated heterocycles. The lowest BCUT2D eigenvalue weighted by Gasteiger charge is -2.36. The molecular weight excluding hydrogens is 364 g/mol. The van der Waals surface area contributed by atoms with Crippen LogP contribution in [0.2, 0.25) is 0 Å². The predicted molar refractivity (Wildman–Crippen MR) is 113 cm³/mol. The van der Waals surface area contributed by atoms with Crippen molar-refractivity contribution in [2.45, 2.75) is 57.2 Å². The van der Waals surface area contributed by atoms with E-state index in [-0.39, 0.29) is 18.0 Å². The van der Waals surface area contributed by atoms with Gasteiger partial charge in [-0.05, 0) is 18.4 Å². The van der Waals surface area contributed by atoms with Crippen molar-refractivity contribution in [3.8, 4) is 0 Å². The Morgan fingerprint density at radius 2 is 1.72 bits per heavy atom. The summed E-state index contributed by atoms with van der Waals surface area (Å²) in [5.41, 5.74) is 2.17. The van der Waals surface area contributed by atoms with Gasteiger partial charge in [-0.2, -0.15) is 0 Å². The lowest BCUT2D eigenvalue weighted by molar-refractivity contribution is -0.249. The number of ether oxygens (including phenoxy) is 3. The molecule has 154 valence electrons. The SMILES string of the molecule is C=CCC(=O)C[C@@H]1C[C@H](CCCOCc2ccccc2)O[C@H](c2ccccc2)O1. The number of rotatable bonds is 11. The number of benzene rings is 2. The number of ketones is 1. The Bertz CT molecular complexity index is 744. The number of hydrogen-bond donors (Lipinski definition) is 0. The van der Waals surface area contributed by atoms with E-state index in [1.54, 1.807) is 6.08 Å². The van der Waals surface area contributed by atoms with Crippen LogP contribution in [0.4, 0.5) is 0 Å². The van der Waals surface area contributed by atoms with Crippen LogP contribution in [0.25, 0.3) is 0 Å². The first-order chi connectivity index (χ1) is 14.2. The first-order valence-corrected chi connectivity index (χ1v) is 10.3. The molecule has 29 heavy (non-hydrogen) atoms. The Labute approximate surface area is 173 Å². The molecule has 4 nitrogen and oxygen atoms in total. The van der Waals surface area contributed by atoms with Crippen molar-refractivity contribution in [3.05, 3.63) is 84.4 Å². The summed E-state index contributed by atoms with van der Waals surface area (Å²) in [6, 6.07) is 20.1. The van der Waals surface area contributed by atoms with Crippen LogP contribution in [0.15, 0.2) is 73.3 Å². The summed E-state index contributed by atoms with van der Waals surface area (Å²) in [6.45, 7) is 4.96. The molecule has 0 bridgehead atoms. The largest absolute Gasteiger partial charge is 0.377 e. The first kappa shape index (κ1) is 21.4. The van der Waals surface area contributed by atoms with Gasteiger partial charge in [0.25, 0.3) is 0 Å². The number of allylic oxidation sites excluding steroid dienone is 1. The van der Waals surface area contributed by atoms with Crippen molar-refractivity contribution in [1.29, 1.82) is 0 Å². The van der Waals surface area contributed by atoms with E-state index in [0.717, 1.165) is 24.8 Å². The van der Waals surface area contributed by atoms with Gasteiger partial charge in [-0.15, -0.1) is 6.58 Å². The number of carbonyl (C=O) groups excluding carboxylic acids is 1. The van der Waals surface area contributed by atoms with Crippen LogP contribution in [0.1, 0.15) is 49.5 Å². The Morgan fingerprint density at radius 3 is 2.45 bits per heavy atom. The second-order valence-electron chi connectivity index (χ2n) is 7.41. The van der Waals surface area contributed by atoms with Crippen LogP contribution in [0.3, 0.4) is 0 Å². The third-order valence-corrected chi connectivity index (χ3v) is 4.98. The third-order valence-electron chi connectivity index (χ3n) is 4.98. The standard InChI is InChI=1S/C25H30O4/c1-2-10-22(26)17-24-18-23(28-25(29-24)21-13-7-4-8-14-21)15-9-16-27-19-20-11-5-3-6-12-20/h2-8,11-14,23-25H,1,9-10,15-19H2/t23-,24+,25-/m0/s1. The minimum Gasteiger partial charge on any atom is -0.377 e. The quantitative estimate of drug-likeness (QED) is 0.378. The van der Waals surface area contributed by atoms with Gasteiger partial charge < -0.3 is 14.2 Å². The summed E-state index contributed by atoms with van der Waals surface area (Å²) < 4.78 is 18.1. The molecule has 0 aliphatic carbocycles. The Morgan fingerprint density at radius 1 is 1.03 bits per heavy atom. The zero-order valence-electron chi connectivity index (χ0n) is 16.9. The Hall–Kier alpha value is -2.27. The van der Waals surface area contributed by atoms with Crippen molar-refractivity contribution in [2.24, 2.45) is 0 Å². The fraction of sp³-hybridized carbons (Fsp3) is 0.400. The maximum atomic E-state index is 12.1. The van der Waals surface area contributed by atoms with Crippen LogP contribution < -0.4 is 0 Å². The molecule has 1 aliphatic rings. The van der Waals surface area contributed by atoms with Crippen molar-refractivity contribution in [3.63, 3.8) is 0 Å². The summed E-state index contributed by atoms with van der Waals surface area (Å²) in [6.07, 6.45) is 4.45. The lowest BCUT2D eigenvalue weighted by atomic mass is 10.00. The van der Waals surface area contributed by atoms with E-state index in [1.807, 2.05) is 48.5 Å². The smallest absolute Gasteiger partial charge is 0.184 e. The molecule has 0 aromatic heterocycles. The van der Waals surface area contributed by atoms with Gasteiger partial charge in [-0.1, -0.05) is 66.7 Å². The van der Waals surface area contributed by atoms with Crippen molar-refractivity contribution < 1.29 is 19.0 Å². The fourth-order valence-corrected chi connectivity index (χ4v) is 3.55. The van der Waals surface area contributed by atoms with Crippen molar-refractivity contribution >= 4 is 5.78 Å². The molecular formula is C25H30O4. The fourth-order valence-electron chi connectivity index (χ4n) is 3.55. The molecule has 0 radical (unpaired) electrons. The molecule has 0 spiro atoms. The molecule has 1 fully saturated rings. The van der Waals surface area contributed by atoms with Gasteiger partial charge in [-0.3, -0.25) is 4.79 Å². The molecule has 1 aliphatic heterocycles. The minimum absolute atomic E-state index is 0.0517. The second-order valence-corrected chi connectivity index (χ2v) is 7.41. The summed E-state index contributed by atoms with van der Waals surface area (Å²) in [4.78, 5) is 12.1. The Balaban J connectivity index is 1.50. The molecule has 1 heterocycles. The Kier molecular flexibility index (Phi) is 8.62. The van der Waals surface area contributed by atoms with Crippen LogP contribution in [-0.2, 0) is 25.6 Å². The minimum atomic E-state index is -0.429. The van der Waals surface area contributed by atoms with E-state index in [9.17, 15) is 4.79 Å². The van der Waals surface area contributed by atoms with Gasteiger partial charge in [0.05, 0.1) is 18.8 Å². The van der Waals surface area contributed by atoms with E-state index >= 15 is 0 Å². The maximum absolute atomic E-state index is 12.1. The summed E-state index contributed by atoms with van der Waals surface area (Å²) in [7, 11) is 0. The highest BCUT2D eigenvalue weighted by atomic mass is 16.7. The molecule has 0 saturated carbocycles. The first-order valence-electron chi connectivity index (χ1n) is 10.3. The number of hydrogen-bond acceptors (Lipinski definition) is 4. The van der Waals surface area contributed by atoms with E-state index < -0.39 is 6.29 Å². The van der Waals surface area contributed by atoms with Crippen LogP contribution in [0, 0.1) is 0 Å². The molecule has 2 aromatic carbocycles. The van der Waals surface area contributed by atoms with Crippen LogP contribution in [-0.4, -0.2) is 24.6 Å². The van der Waals surface area contributed by atoms with Crippen LogP contribution in [0.5, 0.6) is 0 Å². The summed E-state index contributed by atoms with van der Waals surface area (Å²) >= 11 is 0. The lowest BCUT2D eigenvalue weighted by Crippen LogP contribution is -2.35. The van der Waals surface area contributed by atoms with Gasteiger partial charge in [0.15, 0.2) is 6.29 Å². The number of Topliss-reactive ketones (excluding diaryl/α,β-unsaturated/α-hetero) is 1. The van der Waals surface area contributed by atoms with Crippen LogP contribution >= 0.6 is 0 Å². The third kappa shape index (κ3) is 7.24. The van der Waals surface area contributed by atoms with E-state index in [2.05, 4.69) is 18.7 Å². The predicted octanol–water partition coefficient (Wildman–Crippen LogP) is 5.39. The second kappa shape index (κ2) is 11.7. The van der Waals surface area contributed by atoms with Crippen molar-refractivity contribution in [1.82, 2.24) is 0 Å². The zero-order chi connectivity index (χ0) is 20.3. The summed E-state index contributed by atoms with van der Waals surface area (Å²) in [5.74, 6) is 0.156. The number of carbonyl (C=O) groups is 1. The van der Waals surface area contributed by atoms with Gasteiger partial charge in [0, 0.05) is 31.4 Å². The van der Waals surface area contributed by atoms with E-state index in [1.165, 1.54) is 5.56 Å². The van der Waals surface area contributed by atoms with Gasteiger partial charge >= 0.3 is 0 Å². The molecule has 0 N–H and O–H groups in total. The molecule has 3 atom stereocenters. The average Bonchev–Trinajstić information content (AvgIpc) is 2.75. The van der Waals surface area contributed by atoms with Gasteiger partial charge in [0.1, 0.15) is 5.78 Å². The summed E-state index contributed by atoms with van der Waals surface area (Å²) in [5, 5.41) is 0. The monoisotopic (exact) mass is 394 g/mol. The van der Waals surface area contributed by atoms with Gasteiger partial charge in [0.2, 0.25) is 0 Å². The highest BCUT2D eigenvalue weighted by Crippen LogP contribution is 2.33. The molecule has 2 aromatic rings. The van der Waals surface area contributed by atoms with Gasteiger partial charge in [-0.25, -0.2) is 0 Å². The van der Waals surface area contributed by atoms with E-state index in [4.69, 9.17) is 14.2 Å². The normalized spacial score (nSPS) is 21.6. The topological polar surface area (TPSA) is 44.8 Å². The molecule has 0 unspecified atom stereocenters. The molecule has 4 heteroatoms. The maximum Gasteiger partial charge on any atom is 0.184 e. The zero-order valence-corrected chi connectivity index (χ0v) is 16.9. The molecule has 0 amide bonds. The van der Waals surface area contributed by atoms with E-state index in [0.29, 0.717) is 26.1 Å². The highest BCUT2D eigenvalue weighted by Gasteiger charge is 2.31. The highest BCUT2D eigenvalue weighted by molar-refractivity contribution is 5.80. The average molecular weight is 395 g/mol. The van der Waals surface area contributed by atoms with Crippen molar-refractivity contribution in [2.75, 3.05) is 6.61 Å². The molecule has 3 rings (SSSR count).